The van der Waals surface area contributed by atoms with Crippen LogP contribution in [0.25, 0.3) is 0 Å². The highest BCUT2D eigenvalue weighted by molar-refractivity contribution is 7.12. The van der Waals surface area contributed by atoms with Crippen LogP contribution in [0.3, 0.4) is 0 Å². The predicted molar refractivity (Wildman–Crippen MR) is 87.0 cm³/mol. The van der Waals surface area contributed by atoms with Crippen molar-refractivity contribution in [2.75, 3.05) is 6.61 Å². The average Bonchev–Trinajstić information content (AvgIpc) is 3.01. The van der Waals surface area contributed by atoms with E-state index in [0.29, 0.717) is 12.1 Å². The van der Waals surface area contributed by atoms with E-state index in [9.17, 15) is 18.0 Å². The fourth-order valence-electron chi connectivity index (χ4n) is 2.11. The van der Waals surface area contributed by atoms with Crippen LogP contribution >= 0.6 is 11.3 Å². The standard InChI is InChI=1S/C17H18F3NO2S/c1-2-14-7-8-24-15(14)16(22)21-9-12-3-5-13(6-4-12)10-23-11-17(18,19)20/h3-8H,2,9-11H2,1H3,(H,21,22). The molecule has 3 nitrogen and oxygen atoms in total. The summed E-state index contributed by atoms with van der Waals surface area (Å²) in [4.78, 5) is 12.9. The molecule has 2 rings (SSSR count). The van der Waals surface area contributed by atoms with Crippen LogP contribution in [0.2, 0.25) is 0 Å². The molecule has 0 saturated carbocycles. The number of hydrogen-bond acceptors (Lipinski definition) is 3. The maximum Gasteiger partial charge on any atom is 0.411 e. The molecule has 1 aromatic heterocycles. The van der Waals surface area contributed by atoms with Gasteiger partial charge < -0.3 is 10.1 Å². The fourth-order valence-corrected chi connectivity index (χ4v) is 3.03. The number of nitrogens with one attached hydrogen (secondary N) is 1. The molecular formula is C17H18F3NO2S. The molecule has 1 amide bonds. The predicted octanol–water partition coefficient (Wildman–Crippen LogP) is 4.32. The molecule has 130 valence electrons. The largest absolute Gasteiger partial charge is 0.411 e. The Hall–Kier alpha value is -1.86. The van der Waals surface area contributed by atoms with E-state index in [-0.39, 0.29) is 12.5 Å². The van der Waals surface area contributed by atoms with Crippen molar-refractivity contribution in [2.45, 2.75) is 32.7 Å². The third-order valence-electron chi connectivity index (χ3n) is 3.34. The Morgan fingerprint density at radius 1 is 1.17 bits per heavy atom. The van der Waals surface area contributed by atoms with Crippen LogP contribution in [-0.4, -0.2) is 18.7 Å². The number of halogens is 3. The molecule has 0 atom stereocenters. The smallest absolute Gasteiger partial charge is 0.367 e. The molecule has 0 bridgehead atoms. The summed E-state index contributed by atoms with van der Waals surface area (Å²) in [7, 11) is 0. The molecule has 0 saturated heterocycles. The van der Waals surface area contributed by atoms with E-state index in [1.165, 1.54) is 11.3 Å². The minimum absolute atomic E-state index is 0.0960. The molecule has 7 heteroatoms. The van der Waals surface area contributed by atoms with Gasteiger partial charge in [-0.25, -0.2) is 0 Å². The second kappa shape index (κ2) is 8.30. The first-order chi connectivity index (χ1) is 11.4. The number of carbonyl (C=O) groups is 1. The monoisotopic (exact) mass is 357 g/mol. The van der Waals surface area contributed by atoms with E-state index in [2.05, 4.69) is 10.1 Å². The van der Waals surface area contributed by atoms with Gasteiger partial charge in [-0.05, 0) is 34.6 Å². The SMILES string of the molecule is CCc1ccsc1C(=O)NCc1ccc(COCC(F)(F)F)cc1. The Morgan fingerprint density at radius 3 is 2.46 bits per heavy atom. The number of alkyl halides is 3. The first kappa shape index (κ1) is 18.5. The Bertz CT molecular complexity index is 665. The van der Waals surface area contributed by atoms with Gasteiger partial charge in [0.2, 0.25) is 0 Å². The highest BCUT2D eigenvalue weighted by atomic mass is 32.1. The summed E-state index contributed by atoms with van der Waals surface area (Å²) in [6.45, 7) is 1.01. The molecule has 1 heterocycles. The van der Waals surface area contributed by atoms with E-state index >= 15 is 0 Å². The normalized spacial score (nSPS) is 11.5. The molecule has 0 spiro atoms. The molecule has 0 fully saturated rings. The summed E-state index contributed by atoms with van der Waals surface area (Å²) in [6.07, 6.45) is -3.51. The van der Waals surface area contributed by atoms with Crippen LogP contribution in [0.15, 0.2) is 35.7 Å². The zero-order valence-electron chi connectivity index (χ0n) is 13.2. The van der Waals surface area contributed by atoms with Gasteiger partial charge in [-0.15, -0.1) is 11.3 Å². The molecule has 0 radical (unpaired) electrons. The van der Waals surface area contributed by atoms with Crippen molar-refractivity contribution in [1.82, 2.24) is 5.32 Å². The molecule has 0 aliphatic carbocycles. The maximum atomic E-state index is 12.1. The Kier molecular flexibility index (Phi) is 6.39. The molecule has 2 aromatic rings. The van der Waals surface area contributed by atoms with Gasteiger partial charge in [0.05, 0.1) is 11.5 Å². The summed E-state index contributed by atoms with van der Waals surface area (Å²) < 4.78 is 40.6. The lowest BCUT2D eigenvalue weighted by molar-refractivity contribution is -0.176. The first-order valence-electron chi connectivity index (χ1n) is 7.46. The maximum absolute atomic E-state index is 12.1. The summed E-state index contributed by atoms with van der Waals surface area (Å²) in [5, 5.41) is 4.74. The minimum atomic E-state index is -4.32. The summed E-state index contributed by atoms with van der Waals surface area (Å²) in [6, 6.07) is 8.86. The number of rotatable bonds is 7. The molecule has 1 aromatic carbocycles. The zero-order valence-corrected chi connectivity index (χ0v) is 14.0. The van der Waals surface area contributed by atoms with Crippen molar-refractivity contribution in [1.29, 1.82) is 0 Å². The van der Waals surface area contributed by atoms with Crippen molar-refractivity contribution < 1.29 is 22.7 Å². The lowest BCUT2D eigenvalue weighted by Gasteiger charge is -2.09. The van der Waals surface area contributed by atoms with Gasteiger partial charge in [-0.3, -0.25) is 4.79 Å². The first-order valence-corrected chi connectivity index (χ1v) is 8.34. The molecule has 24 heavy (non-hydrogen) atoms. The van der Waals surface area contributed by atoms with E-state index in [1.54, 1.807) is 24.3 Å². The van der Waals surface area contributed by atoms with Crippen molar-refractivity contribution in [3.05, 3.63) is 57.3 Å². The zero-order chi connectivity index (χ0) is 17.6. The number of amides is 1. The van der Waals surface area contributed by atoms with Crippen LogP contribution in [0, 0.1) is 0 Å². The average molecular weight is 357 g/mol. The van der Waals surface area contributed by atoms with E-state index in [1.807, 2.05) is 18.4 Å². The number of ether oxygens (including phenoxy) is 1. The minimum Gasteiger partial charge on any atom is -0.367 e. The Morgan fingerprint density at radius 2 is 1.83 bits per heavy atom. The summed E-state index contributed by atoms with van der Waals surface area (Å²) in [5.74, 6) is -0.112. The second-order valence-corrected chi connectivity index (χ2v) is 6.15. The highest BCUT2D eigenvalue weighted by Gasteiger charge is 2.27. The lowest BCUT2D eigenvalue weighted by Crippen LogP contribution is -2.22. The third kappa shape index (κ3) is 5.65. The number of hydrogen-bond donors (Lipinski definition) is 1. The Labute approximate surface area is 142 Å². The number of benzene rings is 1. The van der Waals surface area contributed by atoms with E-state index in [0.717, 1.165) is 22.4 Å². The molecule has 0 aliphatic rings. The van der Waals surface area contributed by atoms with Gasteiger partial charge >= 0.3 is 6.18 Å². The van der Waals surface area contributed by atoms with Crippen molar-refractivity contribution in [3.63, 3.8) is 0 Å². The van der Waals surface area contributed by atoms with Gasteiger partial charge in [0.25, 0.3) is 5.91 Å². The quantitative estimate of drug-likeness (QED) is 0.801. The van der Waals surface area contributed by atoms with Crippen LogP contribution in [0.4, 0.5) is 13.2 Å². The van der Waals surface area contributed by atoms with Crippen LogP contribution in [0.1, 0.15) is 33.3 Å². The summed E-state index contributed by atoms with van der Waals surface area (Å²) in [5.41, 5.74) is 2.55. The van der Waals surface area contributed by atoms with Gasteiger partial charge in [0.15, 0.2) is 0 Å². The van der Waals surface area contributed by atoms with Crippen LogP contribution < -0.4 is 5.32 Å². The van der Waals surface area contributed by atoms with Crippen molar-refractivity contribution in [3.8, 4) is 0 Å². The van der Waals surface area contributed by atoms with Gasteiger partial charge in [-0.1, -0.05) is 31.2 Å². The van der Waals surface area contributed by atoms with Gasteiger partial charge in [-0.2, -0.15) is 13.2 Å². The molecular weight excluding hydrogens is 339 g/mol. The Balaban J connectivity index is 1.82. The van der Waals surface area contributed by atoms with Gasteiger partial charge in [0, 0.05) is 6.54 Å². The van der Waals surface area contributed by atoms with Crippen molar-refractivity contribution in [2.24, 2.45) is 0 Å². The fraction of sp³-hybridized carbons (Fsp3) is 0.353. The molecule has 0 aliphatic heterocycles. The summed E-state index contributed by atoms with van der Waals surface area (Å²) >= 11 is 1.41. The number of carbonyl (C=O) groups excluding carboxylic acids is 1. The highest BCUT2D eigenvalue weighted by Crippen LogP contribution is 2.18. The second-order valence-electron chi connectivity index (χ2n) is 5.24. The number of aryl methyl sites for hydroxylation is 1. The van der Waals surface area contributed by atoms with Crippen molar-refractivity contribution >= 4 is 17.2 Å². The van der Waals surface area contributed by atoms with Crippen LogP contribution in [0.5, 0.6) is 0 Å². The molecule has 1 N–H and O–H groups in total. The van der Waals surface area contributed by atoms with Crippen LogP contribution in [-0.2, 0) is 24.3 Å². The topological polar surface area (TPSA) is 38.3 Å². The van der Waals surface area contributed by atoms with E-state index in [4.69, 9.17) is 0 Å². The molecule has 0 unspecified atom stereocenters. The lowest BCUT2D eigenvalue weighted by atomic mass is 10.1. The van der Waals surface area contributed by atoms with Gasteiger partial charge in [0.1, 0.15) is 6.61 Å². The number of thiophene rings is 1. The van der Waals surface area contributed by atoms with E-state index < -0.39 is 12.8 Å². The third-order valence-corrected chi connectivity index (χ3v) is 4.30.